The number of benzene rings is 1. The van der Waals surface area contributed by atoms with Gasteiger partial charge in [0, 0.05) is 45.3 Å². The minimum Gasteiger partial charge on any atom is -0.357 e. The van der Waals surface area contributed by atoms with Gasteiger partial charge >= 0.3 is 0 Å². The highest BCUT2D eigenvalue weighted by molar-refractivity contribution is 14.0. The van der Waals surface area contributed by atoms with Crippen LogP contribution in [0.15, 0.2) is 29.3 Å². The Morgan fingerprint density at radius 2 is 1.78 bits per heavy atom. The van der Waals surface area contributed by atoms with Crippen molar-refractivity contribution in [3.8, 4) is 0 Å². The van der Waals surface area contributed by atoms with Crippen molar-refractivity contribution < 1.29 is 9.59 Å². The molecular formula is C19H30IN5O2. The zero-order valence-corrected chi connectivity index (χ0v) is 18.7. The zero-order chi connectivity index (χ0) is 18.9. The molecule has 1 saturated heterocycles. The topological polar surface area (TPSA) is 77.0 Å². The second-order valence-corrected chi connectivity index (χ2v) is 6.27. The normalized spacial score (nSPS) is 14.4. The minimum atomic E-state index is -0.143. The average Bonchev–Trinajstić information content (AvgIpc) is 2.65. The number of hydrogen-bond acceptors (Lipinski definition) is 3. The summed E-state index contributed by atoms with van der Waals surface area (Å²) in [6.45, 7) is 9.24. The number of nitrogens with zero attached hydrogens (tertiary/aromatic N) is 3. The Balaban J connectivity index is 0.00000364. The van der Waals surface area contributed by atoms with E-state index in [-0.39, 0.29) is 42.3 Å². The average molecular weight is 487 g/mol. The van der Waals surface area contributed by atoms with Crippen molar-refractivity contribution in [1.82, 2.24) is 15.1 Å². The number of aryl methyl sites for hydroxylation is 1. The van der Waals surface area contributed by atoms with Crippen LogP contribution in [0.2, 0.25) is 0 Å². The van der Waals surface area contributed by atoms with E-state index in [2.05, 4.69) is 27.4 Å². The Morgan fingerprint density at radius 1 is 1.11 bits per heavy atom. The molecule has 0 spiro atoms. The van der Waals surface area contributed by atoms with Gasteiger partial charge in [-0.25, -0.2) is 4.99 Å². The molecule has 150 valence electrons. The Labute approximate surface area is 178 Å². The molecule has 1 aliphatic rings. The van der Waals surface area contributed by atoms with Crippen LogP contribution in [-0.2, 0) is 16.0 Å². The van der Waals surface area contributed by atoms with Gasteiger partial charge in [-0.2, -0.15) is 0 Å². The van der Waals surface area contributed by atoms with Gasteiger partial charge in [0.15, 0.2) is 5.96 Å². The van der Waals surface area contributed by atoms with Crippen molar-refractivity contribution in [2.24, 2.45) is 4.99 Å². The van der Waals surface area contributed by atoms with Gasteiger partial charge in [0.05, 0.1) is 0 Å². The number of nitrogens with one attached hydrogen (secondary N) is 2. The first-order valence-corrected chi connectivity index (χ1v) is 9.21. The van der Waals surface area contributed by atoms with E-state index in [1.165, 1.54) is 5.56 Å². The molecule has 0 aromatic heterocycles. The SMILES string of the molecule is CCNC(=NCC(=O)Nc1cccc(CC)c1)N1CCN(C(C)=O)CC1.I. The predicted octanol–water partition coefficient (Wildman–Crippen LogP) is 1.94. The van der Waals surface area contributed by atoms with Crippen molar-refractivity contribution in [2.75, 3.05) is 44.6 Å². The van der Waals surface area contributed by atoms with Crippen molar-refractivity contribution in [1.29, 1.82) is 0 Å². The summed E-state index contributed by atoms with van der Waals surface area (Å²) in [5.41, 5.74) is 1.98. The third-order valence-electron chi connectivity index (χ3n) is 4.35. The van der Waals surface area contributed by atoms with Crippen LogP contribution < -0.4 is 10.6 Å². The maximum absolute atomic E-state index is 12.2. The first kappa shape index (κ1) is 23.2. The molecule has 0 atom stereocenters. The zero-order valence-electron chi connectivity index (χ0n) is 16.3. The maximum atomic E-state index is 12.2. The van der Waals surface area contributed by atoms with Crippen LogP contribution in [0.4, 0.5) is 5.69 Å². The predicted molar refractivity (Wildman–Crippen MR) is 120 cm³/mol. The molecular weight excluding hydrogens is 457 g/mol. The third kappa shape index (κ3) is 7.36. The molecule has 8 heteroatoms. The molecule has 1 fully saturated rings. The van der Waals surface area contributed by atoms with Crippen LogP contribution in [0.1, 0.15) is 26.3 Å². The van der Waals surface area contributed by atoms with Gasteiger partial charge < -0.3 is 20.4 Å². The number of anilines is 1. The van der Waals surface area contributed by atoms with Crippen molar-refractivity contribution in [3.05, 3.63) is 29.8 Å². The van der Waals surface area contributed by atoms with E-state index in [0.29, 0.717) is 32.1 Å². The fraction of sp³-hybridized carbons (Fsp3) is 0.526. The second kappa shape index (κ2) is 11.8. The van der Waals surface area contributed by atoms with Gasteiger partial charge in [-0.05, 0) is 31.0 Å². The van der Waals surface area contributed by atoms with Gasteiger partial charge in [0.25, 0.3) is 0 Å². The van der Waals surface area contributed by atoms with Gasteiger partial charge in [-0.3, -0.25) is 9.59 Å². The van der Waals surface area contributed by atoms with Crippen molar-refractivity contribution in [2.45, 2.75) is 27.2 Å². The van der Waals surface area contributed by atoms with Crippen LogP contribution in [0.25, 0.3) is 0 Å². The summed E-state index contributed by atoms with van der Waals surface area (Å²) in [6, 6.07) is 7.84. The molecule has 0 radical (unpaired) electrons. The minimum absolute atomic E-state index is 0. The number of carbonyl (C=O) groups is 2. The number of rotatable bonds is 5. The van der Waals surface area contributed by atoms with E-state index < -0.39 is 0 Å². The lowest BCUT2D eigenvalue weighted by atomic mass is 10.1. The van der Waals surface area contributed by atoms with E-state index in [4.69, 9.17) is 0 Å². The summed E-state index contributed by atoms with van der Waals surface area (Å²) >= 11 is 0. The molecule has 2 N–H and O–H groups in total. The lowest BCUT2D eigenvalue weighted by molar-refractivity contribution is -0.130. The van der Waals surface area contributed by atoms with Gasteiger partial charge in [0.2, 0.25) is 11.8 Å². The Morgan fingerprint density at radius 3 is 2.37 bits per heavy atom. The molecule has 0 unspecified atom stereocenters. The van der Waals surface area contributed by atoms with Crippen LogP contribution in [0, 0.1) is 0 Å². The highest BCUT2D eigenvalue weighted by Crippen LogP contribution is 2.11. The van der Waals surface area contributed by atoms with E-state index >= 15 is 0 Å². The first-order valence-electron chi connectivity index (χ1n) is 9.21. The Bertz CT molecular complexity index is 657. The molecule has 1 aromatic rings. The fourth-order valence-corrected chi connectivity index (χ4v) is 2.88. The molecule has 2 rings (SSSR count). The third-order valence-corrected chi connectivity index (χ3v) is 4.35. The number of halogens is 1. The van der Waals surface area contributed by atoms with E-state index in [9.17, 15) is 9.59 Å². The van der Waals surface area contributed by atoms with E-state index in [1.807, 2.05) is 36.1 Å². The van der Waals surface area contributed by atoms with E-state index in [1.54, 1.807) is 6.92 Å². The Kier molecular flexibility index (Phi) is 10.1. The standard InChI is InChI=1S/C19H29N5O2.HI/c1-4-16-7-6-8-17(13-16)22-18(26)14-21-19(20-5-2)24-11-9-23(10-12-24)15(3)25;/h6-8,13H,4-5,9-12,14H2,1-3H3,(H,20,21)(H,22,26);1H. The van der Waals surface area contributed by atoms with Gasteiger partial charge in [-0.15, -0.1) is 24.0 Å². The molecule has 0 bridgehead atoms. The molecule has 1 aromatic carbocycles. The van der Waals surface area contributed by atoms with Crippen molar-refractivity contribution >= 4 is 47.4 Å². The lowest BCUT2D eigenvalue weighted by Crippen LogP contribution is -2.53. The summed E-state index contributed by atoms with van der Waals surface area (Å²) in [5, 5.41) is 6.12. The number of hydrogen-bond donors (Lipinski definition) is 2. The van der Waals surface area contributed by atoms with Crippen LogP contribution in [0.5, 0.6) is 0 Å². The molecule has 27 heavy (non-hydrogen) atoms. The smallest absolute Gasteiger partial charge is 0.246 e. The van der Waals surface area contributed by atoms with Gasteiger partial charge in [0.1, 0.15) is 6.54 Å². The molecule has 1 heterocycles. The van der Waals surface area contributed by atoms with Crippen molar-refractivity contribution in [3.63, 3.8) is 0 Å². The monoisotopic (exact) mass is 487 g/mol. The quantitative estimate of drug-likeness (QED) is 0.378. The molecule has 0 aliphatic carbocycles. The number of carbonyl (C=O) groups excluding carboxylic acids is 2. The highest BCUT2D eigenvalue weighted by atomic mass is 127. The summed E-state index contributed by atoms with van der Waals surface area (Å²) < 4.78 is 0. The second-order valence-electron chi connectivity index (χ2n) is 6.27. The summed E-state index contributed by atoms with van der Waals surface area (Å²) in [5.74, 6) is 0.671. The largest absolute Gasteiger partial charge is 0.357 e. The van der Waals surface area contributed by atoms with E-state index in [0.717, 1.165) is 18.7 Å². The molecule has 0 saturated carbocycles. The summed E-state index contributed by atoms with van der Waals surface area (Å²) in [7, 11) is 0. The fourth-order valence-electron chi connectivity index (χ4n) is 2.88. The first-order chi connectivity index (χ1) is 12.5. The number of aliphatic imine (C=N–C) groups is 1. The summed E-state index contributed by atoms with van der Waals surface area (Å²) in [4.78, 5) is 32.1. The molecule has 7 nitrogen and oxygen atoms in total. The van der Waals surface area contributed by atoms with Crippen LogP contribution in [-0.4, -0.2) is 66.8 Å². The maximum Gasteiger partial charge on any atom is 0.246 e. The summed E-state index contributed by atoms with van der Waals surface area (Å²) in [6.07, 6.45) is 0.929. The van der Waals surface area contributed by atoms with Crippen LogP contribution >= 0.6 is 24.0 Å². The van der Waals surface area contributed by atoms with Crippen LogP contribution in [0.3, 0.4) is 0 Å². The molecule has 1 aliphatic heterocycles. The van der Waals surface area contributed by atoms with Gasteiger partial charge in [-0.1, -0.05) is 19.1 Å². The number of piperazine rings is 1. The Hall–Kier alpha value is -1.84. The number of guanidine groups is 1. The highest BCUT2D eigenvalue weighted by Gasteiger charge is 2.21. The lowest BCUT2D eigenvalue weighted by Gasteiger charge is -2.36. The molecule has 2 amide bonds. The number of amides is 2.